The SMILES string of the molecule is CNc1ccc(C(=O)Nc2ccccc2SC)c(C)c1. The molecule has 1 amide bonds. The summed E-state index contributed by atoms with van der Waals surface area (Å²) >= 11 is 1.62. The summed E-state index contributed by atoms with van der Waals surface area (Å²) in [7, 11) is 1.86. The molecule has 0 atom stereocenters. The highest BCUT2D eigenvalue weighted by molar-refractivity contribution is 7.98. The first-order valence-electron chi connectivity index (χ1n) is 6.38. The Hall–Kier alpha value is -1.94. The van der Waals surface area contributed by atoms with Crippen LogP contribution >= 0.6 is 11.8 Å². The van der Waals surface area contributed by atoms with Crippen LogP contribution in [0.15, 0.2) is 47.4 Å². The molecule has 3 nitrogen and oxygen atoms in total. The Morgan fingerprint density at radius 2 is 1.90 bits per heavy atom. The van der Waals surface area contributed by atoms with E-state index in [0.29, 0.717) is 5.56 Å². The summed E-state index contributed by atoms with van der Waals surface area (Å²) in [4.78, 5) is 13.4. The van der Waals surface area contributed by atoms with Crippen molar-refractivity contribution in [2.75, 3.05) is 23.9 Å². The van der Waals surface area contributed by atoms with E-state index >= 15 is 0 Å². The van der Waals surface area contributed by atoms with Crippen LogP contribution in [-0.2, 0) is 0 Å². The zero-order valence-corrected chi connectivity index (χ0v) is 12.7. The monoisotopic (exact) mass is 286 g/mol. The van der Waals surface area contributed by atoms with Crippen molar-refractivity contribution in [2.45, 2.75) is 11.8 Å². The van der Waals surface area contributed by atoms with Crippen molar-refractivity contribution in [3.8, 4) is 0 Å². The van der Waals surface area contributed by atoms with Gasteiger partial charge in [-0.1, -0.05) is 12.1 Å². The van der Waals surface area contributed by atoms with Gasteiger partial charge in [-0.05, 0) is 49.1 Å². The van der Waals surface area contributed by atoms with Crippen molar-refractivity contribution in [3.63, 3.8) is 0 Å². The number of nitrogens with one attached hydrogen (secondary N) is 2. The molecule has 0 aliphatic rings. The van der Waals surface area contributed by atoms with Crippen molar-refractivity contribution >= 4 is 29.0 Å². The van der Waals surface area contributed by atoms with Crippen LogP contribution in [0.1, 0.15) is 15.9 Å². The minimum atomic E-state index is -0.0772. The minimum Gasteiger partial charge on any atom is -0.388 e. The number of hydrogen-bond donors (Lipinski definition) is 2. The largest absolute Gasteiger partial charge is 0.388 e. The van der Waals surface area contributed by atoms with Crippen LogP contribution in [-0.4, -0.2) is 19.2 Å². The lowest BCUT2D eigenvalue weighted by Crippen LogP contribution is -2.14. The van der Waals surface area contributed by atoms with E-state index in [-0.39, 0.29) is 5.91 Å². The molecular weight excluding hydrogens is 268 g/mol. The van der Waals surface area contributed by atoms with Crippen molar-refractivity contribution in [1.82, 2.24) is 0 Å². The Labute approximate surface area is 123 Å². The van der Waals surface area contributed by atoms with Crippen LogP contribution in [0.3, 0.4) is 0 Å². The molecular formula is C16H18N2OS. The zero-order valence-electron chi connectivity index (χ0n) is 11.9. The average molecular weight is 286 g/mol. The van der Waals surface area contributed by atoms with Gasteiger partial charge in [0.05, 0.1) is 5.69 Å². The zero-order chi connectivity index (χ0) is 14.5. The van der Waals surface area contributed by atoms with E-state index in [9.17, 15) is 4.79 Å². The second-order valence-corrected chi connectivity index (χ2v) is 5.28. The molecule has 0 aliphatic heterocycles. The number of carbonyl (C=O) groups excluding carboxylic acids is 1. The molecule has 0 unspecified atom stereocenters. The van der Waals surface area contributed by atoms with Crippen molar-refractivity contribution < 1.29 is 4.79 Å². The Balaban J connectivity index is 2.24. The van der Waals surface area contributed by atoms with Gasteiger partial charge in [0.1, 0.15) is 0 Å². The molecule has 2 aromatic carbocycles. The highest BCUT2D eigenvalue weighted by Crippen LogP contribution is 2.25. The predicted molar refractivity (Wildman–Crippen MR) is 86.9 cm³/mol. The third kappa shape index (κ3) is 3.14. The number of thioether (sulfide) groups is 1. The number of amides is 1. The van der Waals surface area contributed by atoms with Gasteiger partial charge >= 0.3 is 0 Å². The Kier molecular flexibility index (Phi) is 4.69. The number of benzene rings is 2. The van der Waals surface area contributed by atoms with Gasteiger partial charge in [0, 0.05) is 23.2 Å². The number of hydrogen-bond acceptors (Lipinski definition) is 3. The standard InChI is InChI=1S/C16H18N2OS/c1-11-10-12(17-2)8-9-13(11)16(19)18-14-6-4-5-7-15(14)20-3/h4-10,17H,1-3H3,(H,18,19). The lowest BCUT2D eigenvalue weighted by molar-refractivity contribution is 0.102. The predicted octanol–water partition coefficient (Wildman–Crippen LogP) is 4.01. The normalized spacial score (nSPS) is 10.2. The molecule has 0 saturated heterocycles. The fourth-order valence-corrected chi connectivity index (χ4v) is 2.57. The summed E-state index contributed by atoms with van der Waals surface area (Å²) in [5.74, 6) is -0.0772. The number of para-hydroxylation sites is 1. The second-order valence-electron chi connectivity index (χ2n) is 4.43. The molecule has 0 saturated carbocycles. The average Bonchev–Trinajstić information content (AvgIpc) is 2.47. The molecule has 4 heteroatoms. The van der Waals surface area contributed by atoms with Gasteiger partial charge < -0.3 is 10.6 Å². The molecule has 0 spiro atoms. The summed E-state index contributed by atoms with van der Waals surface area (Å²) in [5.41, 5.74) is 3.50. The quantitative estimate of drug-likeness (QED) is 0.834. The van der Waals surface area contributed by atoms with E-state index in [1.807, 2.05) is 62.7 Å². The van der Waals surface area contributed by atoms with Crippen molar-refractivity contribution in [1.29, 1.82) is 0 Å². The highest BCUT2D eigenvalue weighted by atomic mass is 32.2. The topological polar surface area (TPSA) is 41.1 Å². The molecule has 0 fully saturated rings. The molecule has 2 aromatic rings. The fourth-order valence-electron chi connectivity index (χ4n) is 2.01. The second kappa shape index (κ2) is 6.48. The number of carbonyl (C=O) groups is 1. The summed E-state index contributed by atoms with van der Waals surface area (Å²) < 4.78 is 0. The molecule has 0 bridgehead atoms. The van der Waals surface area contributed by atoms with E-state index in [4.69, 9.17) is 0 Å². The summed E-state index contributed by atoms with van der Waals surface area (Å²) in [6.45, 7) is 1.94. The Bertz CT molecular complexity index is 626. The third-order valence-electron chi connectivity index (χ3n) is 3.11. The van der Waals surface area contributed by atoms with E-state index in [0.717, 1.165) is 21.8 Å². The van der Waals surface area contributed by atoms with Crippen molar-refractivity contribution in [2.24, 2.45) is 0 Å². The maximum atomic E-state index is 12.4. The molecule has 0 heterocycles. The van der Waals surface area contributed by atoms with E-state index in [1.54, 1.807) is 11.8 Å². The lowest BCUT2D eigenvalue weighted by Gasteiger charge is -2.11. The summed E-state index contributed by atoms with van der Waals surface area (Å²) in [6.07, 6.45) is 2.00. The van der Waals surface area contributed by atoms with Crippen LogP contribution in [0.25, 0.3) is 0 Å². The van der Waals surface area contributed by atoms with Gasteiger partial charge in [0.25, 0.3) is 5.91 Å². The van der Waals surface area contributed by atoms with Crippen LogP contribution in [0.4, 0.5) is 11.4 Å². The van der Waals surface area contributed by atoms with E-state index in [2.05, 4.69) is 10.6 Å². The molecule has 0 aromatic heterocycles. The molecule has 20 heavy (non-hydrogen) atoms. The lowest BCUT2D eigenvalue weighted by atomic mass is 10.1. The maximum Gasteiger partial charge on any atom is 0.255 e. The molecule has 104 valence electrons. The van der Waals surface area contributed by atoms with Gasteiger partial charge in [-0.15, -0.1) is 11.8 Å². The Morgan fingerprint density at radius 3 is 2.55 bits per heavy atom. The first-order chi connectivity index (χ1) is 9.65. The first-order valence-corrected chi connectivity index (χ1v) is 7.61. The smallest absolute Gasteiger partial charge is 0.255 e. The Morgan fingerprint density at radius 1 is 1.15 bits per heavy atom. The summed E-state index contributed by atoms with van der Waals surface area (Å²) in [5, 5.41) is 6.04. The molecule has 2 N–H and O–H groups in total. The first kappa shape index (κ1) is 14.5. The molecule has 0 aliphatic carbocycles. The van der Waals surface area contributed by atoms with E-state index < -0.39 is 0 Å². The fraction of sp³-hybridized carbons (Fsp3) is 0.188. The van der Waals surface area contributed by atoms with Crippen LogP contribution in [0.2, 0.25) is 0 Å². The van der Waals surface area contributed by atoms with Gasteiger partial charge in [-0.3, -0.25) is 4.79 Å². The van der Waals surface area contributed by atoms with Gasteiger partial charge in [-0.2, -0.15) is 0 Å². The number of rotatable bonds is 4. The summed E-state index contributed by atoms with van der Waals surface area (Å²) in [6, 6.07) is 13.5. The molecule has 2 rings (SSSR count). The van der Waals surface area contributed by atoms with Crippen molar-refractivity contribution in [3.05, 3.63) is 53.6 Å². The molecule has 0 radical (unpaired) electrons. The van der Waals surface area contributed by atoms with E-state index in [1.165, 1.54) is 0 Å². The minimum absolute atomic E-state index is 0.0772. The highest BCUT2D eigenvalue weighted by Gasteiger charge is 2.11. The van der Waals surface area contributed by atoms with Gasteiger partial charge in [0.2, 0.25) is 0 Å². The van der Waals surface area contributed by atoms with Gasteiger partial charge in [-0.25, -0.2) is 0 Å². The van der Waals surface area contributed by atoms with Crippen LogP contribution < -0.4 is 10.6 Å². The number of aryl methyl sites for hydroxylation is 1. The van der Waals surface area contributed by atoms with Crippen LogP contribution in [0, 0.1) is 6.92 Å². The number of anilines is 2. The maximum absolute atomic E-state index is 12.4. The third-order valence-corrected chi connectivity index (χ3v) is 3.91. The van der Waals surface area contributed by atoms with Gasteiger partial charge in [0.15, 0.2) is 0 Å². The van der Waals surface area contributed by atoms with Crippen LogP contribution in [0.5, 0.6) is 0 Å².